The highest BCUT2D eigenvalue weighted by molar-refractivity contribution is 6.46. The number of benzene rings is 2. The average molecular weight is 538 g/mol. The second-order valence-electron chi connectivity index (χ2n) is 8.26. The van der Waals surface area contributed by atoms with Gasteiger partial charge >= 0.3 is 0 Å². The van der Waals surface area contributed by atoms with Gasteiger partial charge in [0.1, 0.15) is 11.5 Å². The van der Waals surface area contributed by atoms with Crippen LogP contribution in [0.15, 0.2) is 35.9 Å². The van der Waals surface area contributed by atoms with E-state index >= 15 is 0 Å². The zero-order chi connectivity index (χ0) is 26.6. The molecule has 1 saturated heterocycles. The SMILES string of the molecule is CCOc1cc(C2/C(=C(\O)c3cc(Cl)cc(Cl)c3OC)C(=O)C(=O)N2CCOC)ccc1OC(C)C. The Hall–Kier alpha value is -2.94. The number of rotatable bonds is 10. The number of ether oxygens (including phenoxy) is 4. The molecule has 0 radical (unpaired) electrons. The van der Waals surface area contributed by atoms with Gasteiger partial charge in [-0.1, -0.05) is 29.3 Å². The molecule has 10 heteroatoms. The molecule has 1 aliphatic heterocycles. The van der Waals surface area contributed by atoms with Crippen LogP contribution >= 0.6 is 23.2 Å². The molecule has 0 aliphatic carbocycles. The molecule has 2 aromatic rings. The third-order valence-electron chi connectivity index (χ3n) is 5.49. The van der Waals surface area contributed by atoms with Gasteiger partial charge in [-0.25, -0.2) is 0 Å². The molecular weight excluding hydrogens is 509 g/mol. The Morgan fingerprint density at radius 3 is 2.44 bits per heavy atom. The Balaban J connectivity index is 2.26. The van der Waals surface area contributed by atoms with Crippen molar-refractivity contribution in [1.82, 2.24) is 4.90 Å². The van der Waals surface area contributed by atoms with Crippen molar-refractivity contribution in [2.24, 2.45) is 0 Å². The van der Waals surface area contributed by atoms with Gasteiger partial charge in [-0.3, -0.25) is 9.59 Å². The maximum atomic E-state index is 13.3. The van der Waals surface area contributed by atoms with Gasteiger partial charge in [0.15, 0.2) is 11.5 Å². The van der Waals surface area contributed by atoms with Gasteiger partial charge in [-0.2, -0.15) is 0 Å². The van der Waals surface area contributed by atoms with Gasteiger partial charge in [-0.15, -0.1) is 0 Å². The number of aliphatic hydroxyl groups is 1. The first-order valence-corrected chi connectivity index (χ1v) is 12.1. The first-order chi connectivity index (χ1) is 17.1. The number of hydrogen-bond acceptors (Lipinski definition) is 7. The van der Waals surface area contributed by atoms with Crippen LogP contribution in [0.25, 0.3) is 5.76 Å². The molecule has 0 bridgehead atoms. The molecule has 1 atom stereocenters. The fraction of sp³-hybridized carbons (Fsp3) is 0.385. The second-order valence-corrected chi connectivity index (χ2v) is 9.10. The van der Waals surface area contributed by atoms with E-state index in [2.05, 4.69) is 0 Å². The summed E-state index contributed by atoms with van der Waals surface area (Å²) in [5.74, 6) is -0.994. The molecule has 1 aliphatic rings. The summed E-state index contributed by atoms with van der Waals surface area (Å²) in [7, 11) is 2.87. The molecule has 3 rings (SSSR count). The number of Topliss-reactive ketones (excluding diaryl/α,β-unsaturated/α-hetero) is 1. The normalized spacial score (nSPS) is 17.1. The van der Waals surface area contributed by atoms with E-state index in [0.29, 0.717) is 23.7 Å². The van der Waals surface area contributed by atoms with E-state index in [4.69, 9.17) is 42.1 Å². The van der Waals surface area contributed by atoms with Crippen LogP contribution in [-0.4, -0.2) is 61.8 Å². The molecule has 1 N–H and O–H groups in total. The molecular formula is C26H29Cl2NO7. The molecule has 1 fully saturated rings. The zero-order valence-corrected chi connectivity index (χ0v) is 22.3. The summed E-state index contributed by atoms with van der Waals surface area (Å²) in [6, 6.07) is 7.09. The minimum absolute atomic E-state index is 0.0922. The van der Waals surface area contributed by atoms with E-state index in [1.807, 2.05) is 20.8 Å². The van der Waals surface area contributed by atoms with Crippen LogP contribution in [0.3, 0.4) is 0 Å². The van der Waals surface area contributed by atoms with Crippen molar-refractivity contribution in [2.45, 2.75) is 32.9 Å². The van der Waals surface area contributed by atoms with Gasteiger partial charge in [0.05, 0.1) is 48.6 Å². The summed E-state index contributed by atoms with van der Waals surface area (Å²) in [5, 5.41) is 11.8. The van der Waals surface area contributed by atoms with Crippen LogP contribution in [0.5, 0.6) is 17.2 Å². The lowest BCUT2D eigenvalue weighted by molar-refractivity contribution is -0.140. The molecule has 0 spiro atoms. The molecule has 2 aromatic carbocycles. The minimum atomic E-state index is -0.935. The summed E-state index contributed by atoms with van der Waals surface area (Å²) in [6.45, 7) is 6.30. The van der Waals surface area contributed by atoms with Gasteiger partial charge in [0.25, 0.3) is 11.7 Å². The molecule has 194 valence electrons. The Kier molecular flexibility index (Phi) is 9.11. The van der Waals surface area contributed by atoms with Crippen molar-refractivity contribution in [3.63, 3.8) is 0 Å². The number of amides is 1. The van der Waals surface area contributed by atoms with E-state index in [-0.39, 0.29) is 46.2 Å². The predicted molar refractivity (Wildman–Crippen MR) is 137 cm³/mol. The van der Waals surface area contributed by atoms with Crippen LogP contribution in [0, 0.1) is 0 Å². The fourth-order valence-corrected chi connectivity index (χ4v) is 4.62. The van der Waals surface area contributed by atoms with Crippen molar-refractivity contribution in [2.75, 3.05) is 34.0 Å². The van der Waals surface area contributed by atoms with Crippen molar-refractivity contribution < 1.29 is 33.6 Å². The lowest BCUT2D eigenvalue weighted by Gasteiger charge is -2.26. The maximum Gasteiger partial charge on any atom is 0.295 e. The minimum Gasteiger partial charge on any atom is -0.507 e. The number of methoxy groups -OCH3 is 2. The van der Waals surface area contributed by atoms with Crippen molar-refractivity contribution >= 4 is 40.7 Å². The summed E-state index contributed by atoms with van der Waals surface area (Å²) >= 11 is 12.4. The molecule has 8 nitrogen and oxygen atoms in total. The summed E-state index contributed by atoms with van der Waals surface area (Å²) in [6.07, 6.45) is -0.0950. The lowest BCUT2D eigenvalue weighted by atomic mass is 9.94. The fourth-order valence-electron chi connectivity index (χ4n) is 4.05. The smallest absolute Gasteiger partial charge is 0.295 e. The Morgan fingerprint density at radius 2 is 1.83 bits per heavy atom. The molecule has 0 aromatic heterocycles. The van der Waals surface area contributed by atoms with Crippen LogP contribution < -0.4 is 14.2 Å². The Labute approximate surface area is 220 Å². The third-order valence-corrected chi connectivity index (χ3v) is 5.99. The van der Waals surface area contributed by atoms with E-state index in [9.17, 15) is 14.7 Å². The predicted octanol–water partition coefficient (Wildman–Crippen LogP) is 5.26. The first kappa shape index (κ1) is 27.6. The number of carbonyl (C=O) groups is 2. The quantitative estimate of drug-likeness (QED) is 0.251. The van der Waals surface area contributed by atoms with E-state index < -0.39 is 23.5 Å². The van der Waals surface area contributed by atoms with Crippen molar-refractivity contribution in [1.29, 1.82) is 0 Å². The van der Waals surface area contributed by atoms with Crippen LogP contribution in [0.1, 0.15) is 37.9 Å². The van der Waals surface area contributed by atoms with E-state index in [1.165, 1.54) is 31.3 Å². The Bertz CT molecular complexity index is 1180. The Morgan fingerprint density at radius 1 is 1.11 bits per heavy atom. The number of nitrogens with zero attached hydrogens (tertiary/aromatic N) is 1. The topological polar surface area (TPSA) is 94.5 Å². The summed E-state index contributed by atoms with van der Waals surface area (Å²) in [4.78, 5) is 27.7. The highest BCUT2D eigenvalue weighted by Crippen LogP contribution is 2.44. The first-order valence-electron chi connectivity index (χ1n) is 11.4. The zero-order valence-electron chi connectivity index (χ0n) is 20.8. The van der Waals surface area contributed by atoms with Gasteiger partial charge in [-0.05, 0) is 50.6 Å². The lowest BCUT2D eigenvalue weighted by Crippen LogP contribution is -2.32. The van der Waals surface area contributed by atoms with Gasteiger partial charge in [0.2, 0.25) is 0 Å². The molecule has 1 unspecified atom stereocenters. The van der Waals surface area contributed by atoms with Crippen LogP contribution in [0.4, 0.5) is 0 Å². The summed E-state index contributed by atoms with van der Waals surface area (Å²) in [5.41, 5.74) is 0.501. The number of aliphatic hydroxyl groups excluding tert-OH is 1. The van der Waals surface area contributed by atoms with Gasteiger partial charge in [0, 0.05) is 18.7 Å². The average Bonchev–Trinajstić information content (AvgIpc) is 3.07. The number of ketones is 1. The van der Waals surface area contributed by atoms with E-state index in [0.717, 1.165) is 0 Å². The molecule has 1 amide bonds. The largest absolute Gasteiger partial charge is 0.507 e. The number of halogens is 2. The maximum absolute atomic E-state index is 13.3. The third kappa shape index (κ3) is 5.56. The number of carbonyl (C=O) groups excluding carboxylic acids is 2. The van der Waals surface area contributed by atoms with Crippen molar-refractivity contribution in [3.05, 3.63) is 57.1 Å². The summed E-state index contributed by atoms with van der Waals surface area (Å²) < 4.78 is 22.2. The molecule has 1 heterocycles. The van der Waals surface area contributed by atoms with Gasteiger partial charge < -0.3 is 29.0 Å². The molecule has 36 heavy (non-hydrogen) atoms. The van der Waals surface area contributed by atoms with Crippen LogP contribution in [-0.2, 0) is 14.3 Å². The highest BCUT2D eigenvalue weighted by Gasteiger charge is 2.46. The van der Waals surface area contributed by atoms with Crippen LogP contribution in [0.2, 0.25) is 10.0 Å². The monoisotopic (exact) mass is 537 g/mol. The second kappa shape index (κ2) is 11.9. The van der Waals surface area contributed by atoms with E-state index in [1.54, 1.807) is 18.2 Å². The number of hydrogen-bond donors (Lipinski definition) is 1. The standard InChI is InChI=1S/C26H29Cl2NO7/c1-6-35-20-11-15(7-8-19(20)36-14(2)3)22-21(24(31)26(32)29(22)9-10-33-4)23(30)17-12-16(27)13-18(28)25(17)34-5/h7-8,11-14,22,30H,6,9-10H2,1-5H3/b23-21+. The molecule has 0 saturated carbocycles. The van der Waals surface area contributed by atoms with Crippen molar-refractivity contribution in [3.8, 4) is 17.2 Å². The highest BCUT2D eigenvalue weighted by atomic mass is 35.5. The number of likely N-dealkylation sites (tertiary alicyclic amines) is 1.